The van der Waals surface area contributed by atoms with Crippen LogP contribution < -0.4 is 10.1 Å². The summed E-state index contributed by atoms with van der Waals surface area (Å²) in [6.45, 7) is 0.861. The van der Waals surface area contributed by atoms with Crippen molar-refractivity contribution in [3.8, 4) is 5.75 Å². The van der Waals surface area contributed by atoms with Crippen LogP contribution in [0.2, 0.25) is 0 Å². The first-order valence-electron chi connectivity index (χ1n) is 5.85. The predicted octanol–water partition coefficient (Wildman–Crippen LogP) is 1.48. The second-order valence-corrected chi connectivity index (χ2v) is 7.29. The molecule has 1 aliphatic rings. The molecule has 0 spiro atoms. The van der Waals surface area contributed by atoms with E-state index in [2.05, 4.69) is 17.9 Å². The molecule has 2 atom stereocenters. The minimum atomic E-state index is -3.40. The molecule has 2 rings (SSSR count). The Morgan fingerprint density at radius 3 is 2.56 bits per heavy atom. The fraction of sp³-hybridized carbons (Fsp3) is 0.500. The normalized spacial score (nSPS) is 21.8. The van der Waals surface area contributed by atoms with Crippen molar-refractivity contribution in [1.29, 1.82) is 0 Å². The molecule has 1 aromatic rings. The van der Waals surface area contributed by atoms with E-state index in [1.54, 1.807) is 31.4 Å². The summed E-state index contributed by atoms with van der Waals surface area (Å²) in [5, 5.41) is 3.17. The van der Waals surface area contributed by atoms with Crippen LogP contribution in [0.3, 0.4) is 0 Å². The van der Waals surface area contributed by atoms with Gasteiger partial charge in [0.1, 0.15) is 10.3 Å². The van der Waals surface area contributed by atoms with Crippen LogP contribution in [0.4, 0.5) is 0 Å². The first-order chi connectivity index (χ1) is 8.55. The summed E-state index contributed by atoms with van der Waals surface area (Å²) in [4.78, 5) is 0.289. The third-order valence-electron chi connectivity index (χ3n) is 3.15. The Bertz CT molecular complexity index is 493. The molecule has 0 bridgehead atoms. The van der Waals surface area contributed by atoms with E-state index in [0.29, 0.717) is 5.75 Å². The molecule has 1 fully saturated rings. The Kier molecular flexibility index (Phi) is 4.19. The Morgan fingerprint density at radius 2 is 2.06 bits per heavy atom. The van der Waals surface area contributed by atoms with Crippen LogP contribution in [-0.4, -0.2) is 32.7 Å². The lowest BCUT2D eigenvalue weighted by atomic mass is 10.2. The SMILES string of the molecule is COc1ccc(S(=O)(=O)C(S)C2CCCN2)cc1. The first-order valence-corrected chi connectivity index (χ1v) is 7.91. The molecular formula is C12H17NO3S2. The summed E-state index contributed by atoms with van der Waals surface area (Å²) in [5.41, 5.74) is 0. The minimum Gasteiger partial charge on any atom is -0.497 e. The van der Waals surface area contributed by atoms with Crippen molar-refractivity contribution in [1.82, 2.24) is 5.32 Å². The number of hydrogen-bond acceptors (Lipinski definition) is 5. The monoisotopic (exact) mass is 287 g/mol. The van der Waals surface area contributed by atoms with E-state index in [4.69, 9.17) is 4.74 Å². The van der Waals surface area contributed by atoms with Gasteiger partial charge in [0, 0.05) is 6.04 Å². The van der Waals surface area contributed by atoms with Gasteiger partial charge in [0.2, 0.25) is 0 Å². The maximum Gasteiger partial charge on any atom is 0.191 e. The summed E-state index contributed by atoms with van der Waals surface area (Å²) < 4.78 is 29.0. The number of benzene rings is 1. The number of thiol groups is 1. The van der Waals surface area contributed by atoms with Gasteiger partial charge in [-0.2, -0.15) is 12.6 Å². The Hall–Kier alpha value is -0.720. The lowest BCUT2D eigenvalue weighted by Gasteiger charge is -2.19. The Labute approximate surface area is 113 Å². The van der Waals surface area contributed by atoms with Crippen LogP contribution in [0.25, 0.3) is 0 Å². The van der Waals surface area contributed by atoms with Gasteiger partial charge in [0.15, 0.2) is 9.84 Å². The average Bonchev–Trinajstić information content (AvgIpc) is 2.91. The summed E-state index contributed by atoms with van der Waals surface area (Å²) in [7, 11) is -1.85. The van der Waals surface area contributed by atoms with Crippen molar-refractivity contribution in [2.75, 3.05) is 13.7 Å². The highest BCUT2D eigenvalue weighted by atomic mass is 32.2. The van der Waals surface area contributed by atoms with Gasteiger partial charge in [0.05, 0.1) is 12.0 Å². The highest BCUT2D eigenvalue weighted by molar-refractivity contribution is 8.05. The minimum absolute atomic E-state index is 0.0690. The summed E-state index contributed by atoms with van der Waals surface area (Å²) in [5.74, 6) is 0.642. The number of rotatable bonds is 4. The van der Waals surface area contributed by atoms with E-state index >= 15 is 0 Å². The smallest absolute Gasteiger partial charge is 0.191 e. The van der Waals surface area contributed by atoms with Crippen molar-refractivity contribution in [2.45, 2.75) is 28.4 Å². The van der Waals surface area contributed by atoms with Gasteiger partial charge in [-0.15, -0.1) is 0 Å². The molecule has 0 saturated carbocycles. The predicted molar refractivity (Wildman–Crippen MR) is 74.0 cm³/mol. The summed E-state index contributed by atoms with van der Waals surface area (Å²) in [6, 6.07) is 6.35. The van der Waals surface area contributed by atoms with Crippen LogP contribution in [0.1, 0.15) is 12.8 Å². The lowest BCUT2D eigenvalue weighted by Crippen LogP contribution is -2.36. The average molecular weight is 287 g/mol. The standard InChI is InChI=1S/C12H17NO3S2/c1-16-9-4-6-10(7-5-9)18(14,15)12(17)11-3-2-8-13-11/h4-7,11-13,17H,2-3,8H2,1H3. The highest BCUT2D eigenvalue weighted by Crippen LogP contribution is 2.26. The zero-order valence-corrected chi connectivity index (χ0v) is 11.9. The van der Waals surface area contributed by atoms with E-state index in [0.717, 1.165) is 19.4 Å². The van der Waals surface area contributed by atoms with E-state index in [1.807, 2.05) is 0 Å². The molecule has 18 heavy (non-hydrogen) atoms. The number of ether oxygens (including phenoxy) is 1. The summed E-state index contributed by atoms with van der Waals surface area (Å²) >= 11 is 4.28. The highest BCUT2D eigenvalue weighted by Gasteiger charge is 2.33. The molecule has 0 radical (unpaired) electrons. The fourth-order valence-corrected chi connectivity index (χ4v) is 4.15. The number of methoxy groups -OCH3 is 1. The topological polar surface area (TPSA) is 55.4 Å². The lowest BCUT2D eigenvalue weighted by molar-refractivity contribution is 0.414. The molecule has 0 aromatic heterocycles. The van der Waals surface area contributed by atoms with Gasteiger partial charge >= 0.3 is 0 Å². The summed E-state index contributed by atoms with van der Waals surface area (Å²) in [6.07, 6.45) is 1.85. The maximum atomic E-state index is 12.4. The molecule has 0 amide bonds. The Balaban J connectivity index is 2.23. The van der Waals surface area contributed by atoms with Gasteiger partial charge in [0.25, 0.3) is 0 Å². The second-order valence-electron chi connectivity index (χ2n) is 4.31. The van der Waals surface area contributed by atoms with Crippen molar-refractivity contribution in [3.63, 3.8) is 0 Å². The van der Waals surface area contributed by atoms with E-state index < -0.39 is 14.4 Å². The largest absolute Gasteiger partial charge is 0.497 e. The van der Waals surface area contributed by atoms with E-state index in [-0.39, 0.29) is 10.9 Å². The molecule has 1 aliphatic heterocycles. The number of nitrogens with one attached hydrogen (secondary N) is 1. The third-order valence-corrected chi connectivity index (χ3v) is 6.23. The second kappa shape index (κ2) is 5.50. The molecule has 1 N–H and O–H groups in total. The van der Waals surface area contributed by atoms with Gasteiger partial charge in [-0.1, -0.05) is 0 Å². The molecule has 2 unspecified atom stereocenters. The Morgan fingerprint density at radius 1 is 1.39 bits per heavy atom. The van der Waals surface area contributed by atoms with Crippen LogP contribution in [0.15, 0.2) is 29.2 Å². The molecule has 4 nitrogen and oxygen atoms in total. The van der Waals surface area contributed by atoms with Gasteiger partial charge in [-0.25, -0.2) is 8.42 Å². The maximum absolute atomic E-state index is 12.4. The molecule has 6 heteroatoms. The van der Waals surface area contributed by atoms with E-state index in [1.165, 1.54) is 0 Å². The number of hydrogen-bond donors (Lipinski definition) is 2. The van der Waals surface area contributed by atoms with Crippen LogP contribution >= 0.6 is 12.6 Å². The molecule has 1 heterocycles. The van der Waals surface area contributed by atoms with Gasteiger partial charge in [-0.3, -0.25) is 0 Å². The van der Waals surface area contributed by atoms with Crippen LogP contribution in [0.5, 0.6) is 5.75 Å². The third kappa shape index (κ3) is 2.65. The van der Waals surface area contributed by atoms with Gasteiger partial charge in [-0.05, 0) is 43.7 Å². The van der Waals surface area contributed by atoms with Crippen molar-refractivity contribution >= 4 is 22.5 Å². The quantitative estimate of drug-likeness (QED) is 0.824. The number of sulfone groups is 1. The molecule has 1 aromatic carbocycles. The van der Waals surface area contributed by atoms with Crippen LogP contribution in [-0.2, 0) is 9.84 Å². The van der Waals surface area contributed by atoms with E-state index in [9.17, 15) is 8.42 Å². The zero-order valence-electron chi connectivity index (χ0n) is 10.2. The molecule has 1 saturated heterocycles. The van der Waals surface area contributed by atoms with Gasteiger partial charge < -0.3 is 10.1 Å². The molecule has 0 aliphatic carbocycles. The fourth-order valence-electron chi connectivity index (χ4n) is 2.08. The molecule has 100 valence electrons. The first kappa shape index (κ1) is 13.7. The van der Waals surface area contributed by atoms with Crippen molar-refractivity contribution < 1.29 is 13.2 Å². The molecular weight excluding hydrogens is 270 g/mol. The zero-order chi connectivity index (χ0) is 13.2. The van der Waals surface area contributed by atoms with Crippen molar-refractivity contribution in [3.05, 3.63) is 24.3 Å². The van der Waals surface area contributed by atoms with Crippen molar-refractivity contribution in [2.24, 2.45) is 0 Å². The van der Waals surface area contributed by atoms with Crippen LogP contribution in [0, 0.1) is 0 Å².